The molecule has 0 aromatic heterocycles. The van der Waals surface area contributed by atoms with Gasteiger partial charge in [-0.05, 0) is 31.4 Å². The average molecular weight is 376 g/mol. The van der Waals surface area contributed by atoms with E-state index in [0.717, 1.165) is 5.56 Å². The number of alkyl carbamates (subject to hydrolysis) is 1. The first-order chi connectivity index (χ1) is 12.9. The van der Waals surface area contributed by atoms with Crippen LogP contribution in [0.15, 0.2) is 41.6 Å². The minimum absolute atomic E-state index is 0.0728. The Morgan fingerprint density at radius 2 is 1.89 bits per heavy atom. The van der Waals surface area contributed by atoms with Gasteiger partial charge < -0.3 is 19.9 Å². The molecule has 0 aliphatic carbocycles. The number of carbonyl (C=O) groups excluding carboxylic acids is 3. The van der Waals surface area contributed by atoms with Crippen LogP contribution in [0.25, 0.3) is 0 Å². The van der Waals surface area contributed by atoms with Crippen LogP contribution in [0, 0.1) is 0 Å². The molecule has 1 aliphatic rings. The van der Waals surface area contributed by atoms with Crippen LogP contribution in [0.5, 0.6) is 0 Å². The van der Waals surface area contributed by atoms with Crippen molar-refractivity contribution < 1.29 is 29.0 Å². The maximum absolute atomic E-state index is 12.6. The first-order valence-corrected chi connectivity index (χ1v) is 8.57. The van der Waals surface area contributed by atoms with Crippen molar-refractivity contribution >= 4 is 18.0 Å². The highest BCUT2D eigenvalue weighted by molar-refractivity contribution is 6.01. The molecule has 1 aromatic carbocycles. The molecule has 1 aliphatic heterocycles. The number of amides is 2. The molecule has 1 saturated heterocycles. The number of likely N-dealkylation sites (tertiary alicyclic amines) is 1. The number of benzene rings is 1. The lowest BCUT2D eigenvalue weighted by atomic mass is 9.90. The van der Waals surface area contributed by atoms with Gasteiger partial charge >= 0.3 is 12.1 Å². The van der Waals surface area contributed by atoms with Crippen LogP contribution in [-0.2, 0) is 25.7 Å². The van der Waals surface area contributed by atoms with Gasteiger partial charge in [-0.15, -0.1) is 0 Å². The van der Waals surface area contributed by atoms with E-state index in [1.165, 1.54) is 12.0 Å². The molecule has 2 atom stereocenters. The SMILES string of the molecule is COC(=O)C(=C(C)C)N1C(=O)[C@H](NC(=O)OCc2ccccc2)[C@H]1CCO. The molecule has 0 unspecified atom stereocenters. The van der Waals surface area contributed by atoms with Gasteiger partial charge in [0.2, 0.25) is 0 Å². The molecule has 2 rings (SSSR count). The summed E-state index contributed by atoms with van der Waals surface area (Å²) in [6.07, 6.45) is -0.542. The Kier molecular flexibility index (Phi) is 6.95. The average Bonchev–Trinajstić information content (AvgIpc) is 2.67. The molecule has 0 bridgehead atoms. The summed E-state index contributed by atoms with van der Waals surface area (Å²) in [6.45, 7) is 3.24. The smallest absolute Gasteiger partial charge is 0.408 e. The van der Waals surface area contributed by atoms with Gasteiger partial charge in [0.1, 0.15) is 18.3 Å². The number of rotatable bonds is 7. The zero-order valence-electron chi connectivity index (χ0n) is 15.6. The maximum atomic E-state index is 12.6. The number of allylic oxidation sites excluding steroid dienone is 1. The van der Waals surface area contributed by atoms with Crippen molar-refractivity contribution in [1.29, 1.82) is 0 Å². The van der Waals surface area contributed by atoms with E-state index in [1.807, 2.05) is 30.3 Å². The number of hydrogen-bond donors (Lipinski definition) is 2. The van der Waals surface area contributed by atoms with Crippen LogP contribution in [0.1, 0.15) is 25.8 Å². The van der Waals surface area contributed by atoms with Crippen LogP contribution in [0.4, 0.5) is 4.79 Å². The summed E-state index contributed by atoms with van der Waals surface area (Å²) in [6, 6.07) is 7.71. The van der Waals surface area contributed by atoms with Crippen molar-refractivity contribution in [1.82, 2.24) is 10.2 Å². The number of nitrogens with zero attached hydrogens (tertiary/aromatic N) is 1. The van der Waals surface area contributed by atoms with Gasteiger partial charge in [-0.1, -0.05) is 30.3 Å². The summed E-state index contributed by atoms with van der Waals surface area (Å²) in [5.74, 6) is -1.09. The fraction of sp³-hybridized carbons (Fsp3) is 0.421. The van der Waals surface area contributed by atoms with Gasteiger partial charge in [0, 0.05) is 6.61 Å². The number of β-lactam (4-membered cyclic amide) rings is 1. The van der Waals surface area contributed by atoms with Crippen molar-refractivity contribution in [3.05, 3.63) is 47.2 Å². The molecule has 2 amide bonds. The third kappa shape index (κ3) is 4.65. The second-order valence-corrected chi connectivity index (χ2v) is 6.31. The molecule has 0 saturated carbocycles. The molecule has 8 nitrogen and oxygen atoms in total. The van der Waals surface area contributed by atoms with E-state index in [2.05, 4.69) is 5.32 Å². The quantitative estimate of drug-likeness (QED) is 0.423. The highest BCUT2D eigenvalue weighted by atomic mass is 16.5. The summed E-state index contributed by atoms with van der Waals surface area (Å²) in [7, 11) is 1.23. The lowest BCUT2D eigenvalue weighted by Crippen LogP contribution is -2.71. The van der Waals surface area contributed by atoms with Crippen LogP contribution in [0.3, 0.4) is 0 Å². The highest BCUT2D eigenvalue weighted by Crippen LogP contribution is 2.30. The zero-order valence-corrected chi connectivity index (χ0v) is 15.6. The van der Waals surface area contributed by atoms with Crippen LogP contribution in [-0.4, -0.2) is 53.8 Å². The summed E-state index contributed by atoms with van der Waals surface area (Å²) in [4.78, 5) is 37.9. The van der Waals surface area contributed by atoms with Gasteiger partial charge in [0.25, 0.3) is 5.91 Å². The predicted molar refractivity (Wildman–Crippen MR) is 96.3 cm³/mol. The van der Waals surface area contributed by atoms with Crippen molar-refractivity contribution in [3.63, 3.8) is 0 Å². The van der Waals surface area contributed by atoms with Gasteiger partial charge in [-0.25, -0.2) is 9.59 Å². The van der Waals surface area contributed by atoms with Gasteiger partial charge in [-0.2, -0.15) is 0 Å². The summed E-state index contributed by atoms with van der Waals surface area (Å²) >= 11 is 0. The van der Waals surface area contributed by atoms with Gasteiger partial charge in [-0.3, -0.25) is 9.69 Å². The lowest BCUT2D eigenvalue weighted by Gasteiger charge is -2.47. The molecule has 8 heteroatoms. The highest BCUT2D eigenvalue weighted by Gasteiger charge is 2.51. The number of nitrogens with one attached hydrogen (secondary N) is 1. The monoisotopic (exact) mass is 376 g/mol. The third-order valence-electron chi connectivity index (χ3n) is 4.22. The van der Waals surface area contributed by atoms with E-state index in [4.69, 9.17) is 9.47 Å². The normalized spacial score (nSPS) is 18.4. The largest absolute Gasteiger partial charge is 0.464 e. The minimum Gasteiger partial charge on any atom is -0.464 e. The molecule has 0 spiro atoms. The Morgan fingerprint density at radius 3 is 2.44 bits per heavy atom. The van der Waals surface area contributed by atoms with Crippen molar-refractivity contribution in [2.24, 2.45) is 0 Å². The summed E-state index contributed by atoms with van der Waals surface area (Å²) < 4.78 is 9.88. The second kappa shape index (κ2) is 9.18. The maximum Gasteiger partial charge on any atom is 0.408 e. The van der Waals surface area contributed by atoms with Crippen LogP contribution in [0.2, 0.25) is 0 Å². The fourth-order valence-corrected chi connectivity index (χ4v) is 2.94. The molecule has 1 aromatic rings. The molecule has 146 valence electrons. The van der Waals surface area contributed by atoms with Crippen molar-refractivity contribution in [2.45, 2.75) is 39.0 Å². The zero-order chi connectivity index (χ0) is 20.0. The molecule has 1 heterocycles. The van der Waals surface area contributed by atoms with Gasteiger partial charge in [0.05, 0.1) is 13.2 Å². The van der Waals surface area contributed by atoms with E-state index in [-0.39, 0.29) is 25.3 Å². The Bertz CT molecular complexity index is 727. The Labute approximate surface area is 157 Å². The lowest BCUT2D eigenvalue weighted by molar-refractivity contribution is -0.154. The van der Waals surface area contributed by atoms with E-state index in [9.17, 15) is 19.5 Å². The Morgan fingerprint density at radius 1 is 1.22 bits per heavy atom. The Hall–Kier alpha value is -2.87. The molecular formula is C19H24N2O6. The second-order valence-electron chi connectivity index (χ2n) is 6.31. The number of carbonyl (C=O) groups is 3. The predicted octanol–water partition coefficient (Wildman–Crippen LogP) is 1.34. The molecule has 2 N–H and O–H groups in total. The molecule has 0 radical (unpaired) electrons. The minimum atomic E-state index is -0.876. The Balaban J connectivity index is 2.05. The number of methoxy groups -OCH3 is 1. The topological polar surface area (TPSA) is 105 Å². The van der Waals surface area contributed by atoms with E-state index in [1.54, 1.807) is 13.8 Å². The van der Waals surface area contributed by atoms with Gasteiger partial charge in [0.15, 0.2) is 0 Å². The third-order valence-corrected chi connectivity index (χ3v) is 4.22. The number of hydrogen-bond acceptors (Lipinski definition) is 6. The van der Waals surface area contributed by atoms with Crippen LogP contribution < -0.4 is 5.32 Å². The summed E-state index contributed by atoms with van der Waals surface area (Å²) in [5.41, 5.74) is 1.54. The summed E-state index contributed by atoms with van der Waals surface area (Å²) in [5, 5.41) is 11.8. The number of ether oxygens (including phenoxy) is 2. The number of aliphatic hydroxyl groups excluding tert-OH is 1. The number of esters is 1. The first-order valence-electron chi connectivity index (χ1n) is 8.57. The van der Waals surface area contributed by atoms with Crippen molar-refractivity contribution in [3.8, 4) is 0 Å². The molecular weight excluding hydrogens is 352 g/mol. The number of aliphatic hydroxyl groups is 1. The standard InChI is InChI=1S/C19H24N2O6/c1-12(2)16(18(24)26-3)21-14(9-10-22)15(17(21)23)20-19(25)27-11-13-7-5-4-6-8-13/h4-8,14-15,22H,9-11H2,1-3H3,(H,20,25)/t14-,15-/m1/s1. The van der Waals surface area contributed by atoms with E-state index in [0.29, 0.717) is 5.57 Å². The van der Waals surface area contributed by atoms with Crippen LogP contribution >= 0.6 is 0 Å². The molecule has 27 heavy (non-hydrogen) atoms. The first kappa shape index (κ1) is 20.4. The molecule has 1 fully saturated rings. The van der Waals surface area contributed by atoms with E-state index >= 15 is 0 Å². The van der Waals surface area contributed by atoms with Crippen molar-refractivity contribution in [2.75, 3.05) is 13.7 Å². The fourth-order valence-electron chi connectivity index (χ4n) is 2.94. The van der Waals surface area contributed by atoms with E-state index < -0.39 is 30.1 Å².